The topological polar surface area (TPSA) is 52.3 Å². The van der Waals surface area contributed by atoms with E-state index in [9.17, 15) is 4.79 Å². The minimum atomic E-state index is -0.274. The zero-order valence-corrected chi connectivity index (χ0v) is 8.54. The van der Waals surface area contributed by atoms with E-state index in [1.807, 2.05) is 13.8 Å². The fourth-order valence-electron chi connectivity index (χ4n) is 1.19. The molecule has 0 amide bonds. The van der Waals surface area contributed by atoms with Gasteiger partial charge in [-0.2, -0.15) is 0 Å². The SMILES string of the molecule is CCCOC(=O)c1ccc(N)cc1C. The van der Waals surface area contributed by atoms with Crippen molar-refractivity contribution < 1.29 is 9.53 Å². The standard InChI is InChI=1S/C11H15NO2/c1-3-6-14-11(13)10-5-4-9(12)7-8(10)2/h4-5,7H,3,6,12H2,1-2H3. The van der Waals surface area contributed by atoms with Crippen molar-refractivity contribution in [2.75, 3.05) is 12.3 Å². The van der Waals surface area contributed by atoms with Crippen molar-refractivity contribution in [3.8, 4) is 0 Å². The lowest BCUT2D eigenvalue weighted by molar-refractivity contribution is 0.0504. The van der Waals surface area contributed by atoms with Gasteiger partial charge in [0.05, 0.1) is 12.2 Å². The second-order valence-electron chi connectivity index (χ2n) is 3.21. The molecular weight excluding hydrogens is 178 g/mol. The number of rotatable bonds is 3. The van der Waals surface area contributed by atoms with Crippen LogP contribution in [0.1, 0.15) is 29.3 Å². The van der Waals surface area contributed by atoms with Gasteiger partial charge in [0, 0.05) is 5.69 Å². The van der Waals surface area contributed by atoms with E-state index >= 15 is 0 Å². The zero-order valence-electron chi connectivity index (χ0n) is 8.54. The van der Waals surface area contributed by atoms with E-state index in [4.69, 9.17) is 10.5 Å². The van der Waals surface area contributed by atoms with E-state index in [2.05, 4.69) is 0 Å². The first-order valence-electron chi connectivity index (χ1n) is 4.68. The van der Waals surface area contributed by atoms with Crippen molar-refractivity contribution in [3.63, 3.8) is 0 Å². The largest absolute Gasteiger partial charge is 0.462 e. The molecule has 3 nitrogen and oxygen atoms in total. The van der Waals surface area contributed by atoms with Gasteiger partial charge in [0.25, 0.3) is 0 Å². The van der Waals surface area contributed by atoms with Gasteiger partial charge in [-0.3, -0.25) is 0 Å². The zero-order chi connectivity index (χ0) is 10.6. The lowest BCUT2D eigenvalue weighted by Crippen LogP contribution is -2.07. The highest BCUT2D eigenvalue weighted by Crippen LogP contribution is 2.13. The Kier molecular flexibility index (Phi) is 3.51. The summed E-state index contributed by atoms with van der Waals surface area (Å²) in [5.74, 6) is -0.274. The molecule has 0 aliphatic rings. The van der Waals surface area contributed by atoms with Crippen LogP contribution in [0.3, 0.4) is 0 Å². The van der Waals surface area contributed by atoms with Gasteiger partial charge in [0.2, 0.25) is 0 Å². The summed E-state index contributed by atoms with van der Waals surface area (Å²) in [7, 11) is 0. The number of nitrogen functional groups attached to an aromatic ring is 1. The summed E-state index contributed by atoms with van der Waals surface area (Å²) in [6.45, 7) is 4.27. The molecule has 0 aromatic heterocycles. The number of benzene rings is 1. The monoisotopic (exact) mass is 193 g/mol. The lowest BCUT2D eigenvalue weighted by atomic mass is 10.1. The van der Waals surface area contributed by atoms with Crippen molar-refractivity contribution in [1.29, 1.82) is 0 Å². The van der Waals surface area contributed by atoms with E-state index in [1.54, 1.807) is 18.2 Å². The van der Waals surface area contributed by atoms with Crippen LogP contribution in [0.15, 0.2) is 18.2 Å². The highest BCUT2D eigenvalue weighted by molar-refractivity contribution is 5.91. The number of hydrogen-bond acceptors (Lipinski definition) is 3. The number of carbonyl (C=O) groups is 1. The number of carbonyl (C=O) groups excluding carboxylic acids is 1. The highest BCUT2D eigenvalue weighted by atomic mass is 16.5. The van der Waals surface area contributed by atoms with Crippen molar-refractivity contribution >= 4 is 11.7 Å². The van der Waals surface area contributed by atoms with E-state index < -0.39 is 0 Å². The summed E-state index contributed by atoms with van der Waals surface area (Å²) >= 11 is 0. The van der Waals surface area contributed by atoms with Crippen LogP contribution in [0.5, 0.6) is 0 Å². The molecule has 0 aliphatic heterocycles. The number of ether oxygens (including phenoxy) is 1. The van der Waals surface area contributed by atoms with Crippen LogP contribution in [0.25, 0.3) is 0 Å². The van der Waals surface area contributed by atoms with Crippen molar-refractivity contribution in [1.82, 2.24) is 0 Å². The molecule has 0 unspecified atom stereocenters. The van der Waals surface area contributed by atoms with Gasteiger partial charge in [0.15, 0.2) is 0 Å². The Morgan fingerprint density at radius 1 is 1.50 bits per heavy atom. The summed E-state index contributed by atoms with van der Waals surface area (Å²) < 4.78 is 5.02. The van der Waals surface area contributed by atoms with Crippen molar-refractivity contribution in [2.24, 2.45) is 0 Å². The summed E-state index contributed by atoms with van der Waals surface area (Å²) in [5.41, 5.74) is 7.68. The van der Waals surface area contributed by atoms with Crippen molar-refractivity contribution in [3.05, 3.63) is 29.3 Å². The van der Waals surface area contributed by atoms with Gasteiger partial charge in [-0.05, 0) is 37.1 Å². The Hall–Kier alpha value is -1.51. The molecule has 1 rings (SSSR count). The third-order valence-corrected chi connectivity index (χ3v) is 1.91. The average molecular weight is 193 g/mol. The molecule has 1 aromatic carbocycles. The van der Waals surface area contributed by atoms with Crippen LogP contribution in [0, 0.1) is 6.92 Å². The lowest BCUT2D eigenvalue weighted by Gasteiger charge is -2.06. The number of esters is 1. The Morgan fingerprint density at radius 2 is 2.21 bits per heavy atom. The second kappa shape index (κ2) is 4.65. The molecule has 76 valence electrons. The third kappa shape index (κ3) is 2.49. The first-order valence-corrected chi connectivity index (χ1v) is 4.68. The molecule has 0 saturated heterocycles. The van der Waals surface area contributed by atoms with Gasteiger partial charge in [0.1, 0.15) is 0 Å². The minimum Gasteiger partial charge on any atom is -0.462 e. The van der Waals surface area contributed by atoms with Gasteiger partial charge in [-0.1, -0.05) is 6.92 Å². The first-order chi connectivity index (χ1) is 6.65. The molecule has 14 heavy (non-hydrogen) atoms. The number of nitrogens with two attached hydrogens (primary N) is 1. The maximum atomic E-state index is 11.5. The van der Waals surface area contributed by atoms with Gasteiger partial charge in [-0.25, -0.2) is 4.79 Å². The molecule has 0 bridgehead atoms. The predicted octanol–water partition coefficient (Wildman–Crippen LogP) is 2.14. The van der Waals surface area contributed by atoms with E-state index in [1.165, 1.54) is 0 Å². The molecule has 0 radical (unpaired) electrons. The van der Waals surface area contributed by atoms with Crippen LogP contribution < -0.4 is 5.73 Å². The van der Waals surface area contributed by atoms with E-state index in [0.29, 0.717) is 17.9 Å². The van der Waals surface area contributed by atoms with Crippen LogP contribution >= 0.6 is 0 Å². The molecule has 0 spiro atoms. The molecule has 3 heteroatoms. The molecule has 0 heterocycles. The predicted molar refractivity (Wildman–Crippen MR) is 56.2 cm³/mol. The van der Waals surface area contributed by atoms with Crippen LogP contribution in [0.4, 0.5) is 5.69 Å². The van der Waals surface area contributed by atoms with Crippen molar-refractivity contribution in [2.45, 2.75) is 20.3 Å². The fourth-order valence-corrected chi connectivity index (χ4v) is 1.19. The maximum absolute atomic E-state index is 11.5. The second-order valence-corrected chi connectivity index (χ2v) is 3.21. The Morgan fingerprint density at radius 3 is 2.79 bits per heavy atom. The third-order valence-electron chi connectivity index (χ3n) is 1.91. The maximum Gasteiger partial charge on any atom is 0.338 e. The minimum absolute atomic E-state index is 0.274. The highest BCUT2D eigenvalue weighted by Gasteiger charge is 2.09. The first kappa shape index (κ1) is 10.6. The molecule has 1 aromatic rings. The summed E-state index contributed by atoms with van der Waals surface area (Å²) in [6.07, 6.45) is 0.833. The van der Waals surface area contributed by atoms with Gasteiger partial charge in [-0.15, -0.1) is 0 Å². The Labute approximate surface area is 83.9 Å². The number of anilines is 1. The molecule has 2 N–H and O–H groups in total. The Balaban J connectivity index is 2.80. The fraction of sp³-hybridized carbons (Fsp3) is 0.364. The summed E-state index contributed by atoms with van der Waals surface area (Å²) in [4.78, 5) is 11.5. The normalized spacial score (nSPS) is 9.86. The van der Waals surface area contributed by atoms with E-state index in [-0.39, 0.29) is 5.97 Å². The molecule has 0 fully saturated rings. The molecule has 0 atom stereocenters. The van der Waals surface area contributed by atoms with Gasteiger partial charge >= 0.3 is 5.97 Å². The Bertz CT molecular complexity index is 334. The summed E-state index contributed by atoms with van der Waals surface area (Å²) in [6, 6.07) is 5.17. The molecule has 0 aliphatic carbocycles. The molecular formula is C11H15NO2. The number of hydrogen-bond donors (Lipinski definition) is 1. The van der Waals surface area contributed by atoms with E-state index in [0.717, 1.165) is 12.0 Å². The number of aryl methyl sites for hydroxylation is 1. The smallest absolute Gasteiger partial charge is 0.338 e. The average Bonchev–Trinajstić information content (AvgIpc) is 2.14. The van der Waals surface area contributed by atoms with Gasteiger partial charge < -0.3 is 10.5 Å². The molecule has 0 saturated carbocycles. The van der Waals surface area contributed by atoms with Crippen LogP contribution in [0.2, 0.25) is 0 Å². The summed E-state index contributed by atoms with van der Waals surface area (Å²) in [5, 5.41) is 0. The quantitative estimate of drug-likeness (QED) is 0.591. The van der Waals surface area contributed by atoms with Crippen LogP contribution in [-0.4, -0.2) is 12.6 Å². The van der Waals surface area contributed by atoms with Crippen LogP contribution in [-0.2, 0) is 4.74 Å².